The SMILES string of the molecule is Cc1cnc(SCC(=O)O)n1C1CCN2CCCC2C1. The summed E-state index contributed by atoms with van der Waals surface area (Å²) < 4.78 is 2.27. The molecule has 3 rings (SSSR count). The molecular formula is C14H21N3O2S. The summed E-state index contributed by atoms with van der Waals surface area (Å²) in [5.41, 5.74) is 1.15. The molecule has 0 saturated carbocycles. The molecule has 20 heavy (non-hydrogen) atoms. The van der Waals surface area contributed by atoms with Gasteiger partial charge in [0.15, 0.2) is 5.16 Å². The number of thioether (sulfide) groups is 1. The summed E-state index contributed by atoms with van der Waals surface area (Å²) in [5.74, 6) is -0.702. The molecule has 0 aromatic carbocycles. The zero-order chi connectivity index (χ0) is 14.1. The number of aromatic nitrogens is 2. The van der Waals surface area contributed by atoms with Crippen LogP contribution >= 0.6 is 11.8 Å². The van der Waals surface area contributed by atoms with E-state index in [9.17, 15) is 4.79 Å². The van der Waals surface area contributed by atoms with E-state index in [0.717, 1.165) is 23.8 Å². The van der Waals surface area contributed by atoms with Crippen molar-refractivity contribution in [3.63, 3.8) is 0 Å². The van der Waals surface area contributed by atoms with Gasteiger partial charge in [-0.25, -0.2) is 4.98 Å². The van der Waals surface area contributed by atoms with Gasteiger partial charge in [0, 0.05) is 30.5 Å². The van der Waals surface area contributed by atoms with E-state index in [1.807, 2.05) is 6.20 Å². The molecule has 3 heterocycles. The number of carboxylic acid groups (broad SMARTS) is 1. The molecule has 1 aromatic rings. The Labute approximate surface area is 123 Å². The molecule has 1 aromatic heterocycles. The maximum atomic E-state index is 10.8. The molecule has 2 aliphatic heterocycles. The number of nitrogens with zero attached hydrogens (tertiary/aromatic N) is 3. The fourth-order valence-electron chi connectivity index (χ4n) is 3.54. The lowest BCUT2D eigenvalue weighted by Crippen LogP contribution is -2.39. The van der Waals surface area contributed by atoms with Crippen LogP contribution in [0.4, 0.5) is 0 Å². The first-order valence-corrected chi connectivity index (χ1v) is 8.26. The summed E-state index contributed by atoms with van der Waals surface area (Å²) in [6.07, 6.45) is 6.82. The Balaban J connectivity index is 1.75. The van der Waals surface area contributed by atoms with Crippen LogP contribution in [0, 0.1) is 6.92 Å². The smallest absolute Gasteiger partial charge is 0.313 e. The predicted octanol–water partition coefficient (Wildman–Crippen LogP) is 2.17. The predicted molar refractivity (Wildman–Crippen MR) is 78.2 cm³/mol. The van der Waals surface area contributed by atoms with Gasteiger partial charge in [0.1, 0.15) is 0 Å². The Hall–Kier alpha value is -1.01. The summed E-state index contributed by atoms with van der Waals surface area (Å²) in [7, 11) is 0. The summed E-state index contributed by atoms with van der Waals surface area (Å²) in [6.45, 7) is 4.48. The third kappa shape index (κ3) is 2.72. The Morgan fingerprint density at radius 1 is 1.45 bits per heavy atom. The Kier molecular flexibility index (Phi) is 4.03. The maximum Gasteiger partial charge on any atom is 0.313 e. The van der Waals surface area contributed by atoms with E-state index in [2.05, 4.69) is 21.4 Å². The van der Waals surface area contributed by atoms with E-state index >= 15 is 0 Å². The monoisotopic (exact) mass is 295 g/mol. The van der Waals surface area contributed by atoms with Gasteiger partial charge in [-0.3, -0.25) is 4.79 Å². The van der Waals surface area contributed by atoms with Crippen LogP contribution in [-0.2, 0) is 4.79 Å². The molecule has 2 aliphatic rings. The molecule has 5 nitrogen and oxygen atoms in total. The van der Waals surface area contributed by atoms with Crippen molar-refractivity contribution in [1.82, 2.24) is 14.5 Å². The standard InChI is InChI=1S/C14H21N3O2S/c1-10-8-15-14(20-9-13(18)19)17(10)12-4-6-16-5-2-3-11(16)7-12/h8,11-12H,2-7,9H2,1H3,(H,18,19). The van der Waals surface area contributed by atoms with E-state index in [1.165, 1.54) is 37.6 Å². The molecule has 6 heteroatoms. The lowest BCUT2D eigenvalue weighted by atomic mass is 9.97. The molecule has 2 atom stereocenters. The van der Waals surface area contributed by atoms with Gasteiger partial charge in [-0.15, -0.1) is 0 Å². The van der Waals surface area contributed by atoms with Gasteiger partial charge in [0.2, 0.25) is 0 Å². The van der Waals surface area contributed by atoms with Gasteiger partial charge in [0.25, 0.3) is 0 Å². The molecule has 0 aliphatic carbocycles. The van der Waals surface area contributed by atoms with Crippen LogP contribution in [-0.4, -0.2) is 50.4 Å². The average molecular weight is 295 g/mol. The molecule has 1 N–H and O–H groups in total. The quantitative estimate of drug-likeness (QED) is 0.863. The van der Waals surface area contributed by atoms with Crippen molar-refractivity contribution < 1.29 is 9.90 Å². The number of aliphatic carboxylic acids is 1. The van der Waals surface area contributed by atoms with Crippen LogP contribution < -0.4 is 0 Å². The number of hydrogen-bond donors (Lipinski definition) is 1. The molecule has 0 bridgehead atoms. The van der Waals surface area contributed by atoms with Crippen molar-refractivity contribution in [3.8, 4) is 0 Å². The van der Waals surface area contributed by atoms with Crippen LogP contribution in [0.2, 0.25) is 0 Å². The van der Waals surface area contributed by atoms with Gasteiger partial charge in [-0.05, 0) is 39.2 Å². The molecule has 0 radical (unpaired) electrons. The number of fused-ring (bicyclic) bond motifs is 1. The van der Waals surface area contributed by atoms with Crippen molar-refractivity contribution in [3.05, 3.63) is 11.9 Å². The number of carbonyl (C=O) groups is 1. The molecule has 110 valence electrons. The third-order valence-electron chi connectivity index (χ3n) is 4.43. The number of hydrogen-bond acceptors (Lipinski definition) is 4. The van der Waals surface area contributed by atoms with E-state index < -0.39 is 5.97 Å². The van der Waals surface area contributed by atoms with Crippen LogP contribution in [0.5, 0.6) is 0 Å². The van der Waals surface area contributed by atoms with Gasteiger partial charge >= 0.3 is 5.97 Å². The van der Waals surface area contributed by atoms with Crippen LogP contribution in [0.25, 0.3) is 0 Å². The van der Waals surface area contributed by atoms with Gasteiger partial charge < -0.3 is 14.6 Å². The highest BCUT2D eigenvalue weighted by Gasteiger charge is 2.33. The van der Waals surface area contributed by atoms with Gasteiger partial charge in [0.05, 0.1) is 5.75 Å². The van der Waals surface area contributed by atoms with Crippen LogP contribution in [0.15, 0.2) is 11.4 Å². The second-order valence-electron chi connectivity index (χ2n) is 5.74. The minimum absolute atomic E-state index is 0.0821. The maximum absolute atomic E-state index is 10.8. The fraction of sp³-hybridized carbons (Fsp3) is 0.714. The molecule has 2 saturated heterocycles. The normalized spacial score (nSPS) is 26.6. The van der Waals surface area contributed by atoms with Crippen LogP contribution in [0.3, 0.4) is 0 Å². The third-order valence-corrected chi connectivity index (χ3v) is 5.38. The van der Waals surface area contributed by atoms with E-state index in [-0.39, 0.29) is 5.75 Å². The lowest BCUT2D eigenvalue weighted by Gasteiger charge is -2.36. The molecule has 0 amide bonds. The van der Waals surface area contributed by atoms with E-state index in [4.69, 9.17) is 5.11 Å². The summed E-state index contributed by atoms with van der Waals surface area (Å²) in [5, 5.41) is 9.70. The second-order valence-corrected chi connectivity index (χ2v) is 6.69. The zero-order valence-electron chi connectivity index (χ0n) is 11.8. The molecule has 2 unspecified atom stereocenters. The first kappa shape index (κ1) is 13.9. The number of aryl methyl sites for hydroxylation is 1. The number of piperidine rings is 1. The number of imidazole rings is 1. The molecule has 0 spiro atoms. The van der Waals surface area contributed by atoms with Gasteiger partial charge in [-0.1, -0.05) is 11.8 Å². The van der Waals surface area contributed by atoms with Crippen molar-refractivity contribution in [2.45, 2.75) is 49.8 Å². The Morgan fingerprint density at radius 2 is 2.30 bits per heavy atom. The molecular weight excluding hydrogens is 274 g/mol. The average Bonchev–Trinajstić information content (AvgIpc) is 3.01. The minimum Gasteiger partial charge on any atom is -0.481 e. The lowest BCUT2D eigenvalue weighted by molar-refractivity contribution is -0.133. The largest absolute Gasteiger partial charge is 0.481 e. The van der Waals surface area contributed by atoms with Crippen molar-refractivity contribution in [2.24, 2.45) is 0 Å². The van der Waals surface area contributed by atoms with Crippen molar-refractivity contribution in [1.29, 1.82) is 0 Å². The van der Waals surface area contributed by atoms with E-state index in [0.29, 0.717) is 12.1 Å². The summed E-state index contributed by atoms with van der Waals surface area (Å²) in [4.78, 5) is 17.8. The van der Waals surface area contributed by atoms with Crippen molar-refractivity contribution >= 4 is 17.7 Å². The van der Waals surface area contributed by atoms with Crippen molar-refractivity contribution in [2.75, 3.05) is 18.8 Å². The van der Waals surface area contributed by atoms with Gasteiger partial charge in [-0.2, -0.15) is 0 Å². The topological polar surface area (TPSA) is 58.4 Å². The fourth-order valence-corrected chi connectivity index (χ4v) is 4.35. The zero-order valence-corrected chi connectivity index (χ0v) is 12.6. The second kappa shape index (κ2) is 5.77. The Morgan fingerprint density at radius 3 is 3.10 bits per heavy atom. The Bertz CT molecular complexity index is 503. The first-order chi connectivity index (χ1) is 9.65. The first-order valence-electron chi connectivity index (χ1n) is 7.27. The number of rotatable bonds is 4. The summed E-state index contributed by atoms with van der Waals surface area (Å²) in [6, 6.07) is 1.20. The van der Waals surface area contributed by atoms with E-state index in [1.54, 1.807) is 0 Å². The molecule has 2 fully saturated rings. The minimum atomic E-state index is -0.784. The summed E-state index contributed by atoms with van der Waals surface area (Å²) >= 11 is 1.33. The highest BCUT2D eigenvalue weighted by molar-refractivity contribution is 7.99. The number of carboxylic acids is 1. The highest BCUT2D eigenvalue weighted by atomic mass is 32.2. The van der Waals surface area contributed by atoms with Crippen LogP contribution in [0.1, 0.15) is 37.4 Å². The highest BCUT2D eigenvalue weighted by Crippen LogP contribution is 2.36.